The average Bonchev–Trinajstić information content (AvgIpc) is 3.51. The molecule has 3 rings (SSSR count). The van der Waals surface area contributed by atoms with Crippen molar-refractivity contribution in [2.24, 2.45) is 0 Å². The fourth-order valence-corrected chi connectivity index (χ4v) is 2.75. The summed E-state index contributed by atoms with van der Waals surface area (Å²) >= 11 is 0. The number of pyridine rings is 1. The Kier molecular flexibility index (Phi) is 6.60. The number of benzene rings is 1. The minimum atomic E-state index is 0.0924. The predicted molar refractivity (Wildman–Crippen MR) is 107 cm³/mol. The number of amides is 1. The molecule has 5 heteroatoms. The second-order valence-electron chi connectivity index (χ2n) is 7.08. The third-order valence-electron chi connectivity index (χ3n) is 4.47. The van der Waals surface area contributed by atoms with Gasteiger partial charge in [0.1, 0.15) is 12.4 Å². The van der Waals surface area contributed by atoms with Gasteiger partial charge in [0.15, 0.2) is 0 Å². The van der Waals surface area contributed by atoms with Crippen molar-refractivity contribution in [3.63, 3.8) is 0 Å². The van der Waals surface area contributed by atoms with Crippen LogP contribution >= 0.6 is 0 Å². The Morgan fingerprint density at radius 2 is 1.93 bits per heavy atom. The van der Waals surface area contributed by atoms with Crippen molar-refractivity contribution < 1.29 is 9.53 Å². The SMILES string of the molecule is CN(C)CCN(C(=O)/C=C/c1ccc(OCc2ccccn2)cc1)C1CC1. The van der Waals surface area contributed by atoms with Gasteiger partial charge in [0.25, 0.3) is 0 Å². The summed E-state index contributed by atoms with van der Waals surface area (Å²) in [7, 11) is 4.06. The van der Waals surface area contributed by atoms with E-state index in [1.165, 1.54) is 0 Å². The maximum atomic E-state index is 12.5. The first-order valence-corrected chi connectivity index (χ1v) is 9.38. The van der Waals surface area contributed by atoms with Crippen LogP contribution in [0.4, 0.5) is 0 Å². The largest absolute Gasteiger partial charge is 0.487 e. The fourth-order valence-electron chi connectivity index (χ4n) is 2.75. The second kappa shape index (κ2) is 9.33. The van der Waals surface area contributed by atoms with E-state index in [-0.39, 0.29) is 5.91 Å². The summed E-state index contributed by atoms with van der Waals surface area (Å²) in [6, 6.07) is 13.9. The summed E-state index contributed by atoms with van der Waals surface area (Å²) in [5.74, 6) is 0.879. The van der Waals surface area contributed by atoms with Crippen LogP contribution in [0.5, 0.6) is 5.75 Å². The molecule has 0 aliphatic heterocycles. The Hall–Kier alpha value is -2.66. The van der Waals surface area contributed by atoms with Gasteiger partial charge in [-0.3, -0.25) is 9.78 Å². The van der Waals surface area contributed by atoms with Crippen LogP contribution in [0.15, 0.2) is 54.7 Å². The van der Waals surface area contributed by atoms with E-state index < -0.39 is 0 Å². The lowest BCUT2D eigenvalue weighted by Gasteiger charge is -2.22. The Morgan fingerprint density at radius 3 is 2.56 bits per heavy atom. The minimum absolute atomic E-state index is 0.0924. The molecule has 1 aromatic carbocycles. The molecule has 0 spiro atoms. The highest BCUT2D eigenvalue weighted by atomic mass is 16.5. The van der Waals surface area contributed by atoms with Crippen molar-refractivity contribution in [2.45, 2.75) is 25.5 Å². The zero-order valence-corrected chi connectivity index (χ0v) is 16.0. The third kappa shape index (κ3) is 6.22. The van der Waals surface area contributed by atoms with E-state index in [1.54, 1.807) is 12.3 Å². The van der Waals surface area contributed by atoms with Crippen LogP contribution in [0.2, 0.25) is 0 Å². The smallest absolute Gasteiger partial charge is 0.246 e. The molecule has 0 saturated heterocycles. The van der Waals surface area contributed by atoms with Crippen molar-refractivity contribution in [3.05, 3.63) is 66.0 Å². The molecule has 0 unspecified atom stereocenters. The van der Waals surface area contributed by atoms with Gasteiger partial charge in [0.2, 0.25) is 5.91 Å². The fraction of sp³-hybridized carbons (Fsp3) is 0.364. The molecular formula is C22H27N3O2. The molecule has 2 aromatic rings. The summed E-state index contributed by atoms with van der Waals surface area (Å²) in [4.78, 5) is 20.9. The second-order valence-corrected chi connectivity index (χ2v) is 7.08. The molecule has 1 fully saturated rings. The Morgan fingerprint density at radius 1 is 1.15 bits per heavy atom. The van der Waals surface area contributed by atoms with Gasteiger partial charge in [0, 0.05) is 31.4 Å². The number of carbonyl (C=O) groups excluding carboxylic acids is 1. The van der Waals surface area contributed by atoms with Gasteiger partial charge in [-0.05, 0) is 62.8 Å². The molecule has 1 aliphatic carbocycles. The van der Waals surface area contributed by atoms with E-state index in [2.05, 4.69) is 9.88 Å². The highest BCUT2D eigenvalue weighted by Gasteiger charge is 2.31. The van der Waals surface area contributed by atoms with Crippen LogP contribution in [-0.4, -0.2) is 53.9 Å². The maximum Gasteiger partial charge on any atom is 0.246 e. The number of nitrogens with zero attached hydrogens (tertiary/aromatic N) is 3. The molecule has 5 nitrogen and oxygen atoms in total. The summed E-state index contributed by atoms with van der Waals surface area (Å²) in [6.07, 6.45) is 7.55. The van der Waals surface area contributed by atoms with E-state index in [0.29, 0.717) is 12.6 Å². The van der Waals surface area contributed by atoms with E-state index in [1.807, 2.05) is 67.5 Å². The van der Waals surface area contributed by atoms with Crippen LogP contribution in [0, 0.1) is 0 Å². The first-order chi connectivity index (χ1) is 13.1. The number of carbonyl (C=O) groups is 1. The molecule has 1 heterocycles. The topological polar surface area (TPSA) is 45.7 Å². The van der Waals surface area contributed by atoms with E-state index in [9.17, 15) is 4.79 Å². The molecular weight excluding hydrogens is 338 g/mol. The number of rotatable bonds is 9. The molecule has 27 heavy (non-hydrogen) atoms. The van der Waals surface area contributed by atoms with Crippen molar-refractivity contribution in [3.8, 4) is 5.75 Å². The van der Waals surface area contributed by atoms with E-state index >= 15 is 0 Å². The van der Waals surface area contributed by atoms with Crippen LogP contribution < -0.4 is 4.74 Å². The standard InChI is InChI=1S/C22H27N3O2/c1-24(2)15-16-25(20-9-10-20)22(26)13-8-18-6-11-21(12-7-18)27-17-19-5-3-4-14-23-19/h3-8,11-14,20H,9-10,15-17H2,1-2H3/b13-8+. The van der Waals surface area contributed by atoms with E-state index in [0.717, 1.165) is 42.9 Å². The Labute approximate surface area is 161 Å². The molecule has 0 N–H and O–H groups in total. The molecule has 0 atom stereocenters. The molecule has 0 bridgehead atoms. The van der Waals surface area contributed by atoms with Crippen molar-refractivity contribution in [1.82, 2.24) is 14.8 Å². The summed E-state index contributed by atoms with van der Waals surface area (Å²) in [6.45, 7) is 2.11. The third-order valence-corrected chi connectivity index (χ3v) is 4.47. The van der Waals surface area contributed by atoms with Gasteiger partial charge in [-0.15, -0.1) is 0 Å². The number of likely N-dealkylation sites (N-methyl/N-ethyl adjacent to an activating group) is 1. The summed E-state index contributed by atoms with van der Waals surface area (Å²) in [5.41, 5.74) is 1.88. The van der Waals surface area contributed by atoms with Gasteiger partial charge in [-0.25, -0.2) is 0 Å². The zero-order chi connectivity index (χ0) is 19.1. The zero-order valence-electron chi connectivity index (χ0n) is 16.0. The van der Waals surface area contributed by atoms with Crippen molar-refractivity contribution in [1.29, 1.82) is 0 Å². The Bertz CT molecular complexity index is 753. The average molecular weight is 365 g/mol. The lowest BCUT2D eigenvalue weighted by Crippen LogP contribution is -2.37. The van der Waals surface area contributed by atoms with Crippen LogP contribution in [-0.2, 0) is 11.4 Å². The Balaban J connectivity index is 1.52. The normalized spacial score (nSPS) is 13.9. The number of hydrogen-bond acceptors (Lipinski definition) is 4. The van der Waals surface area contributed by atoms with Gasteiger partial charge in [-0.2, -0.15) is 0 Å². The monoisotopic (exact) mass is 365 g/mol. The lowest BCUT2D eigenvalue weighted by atomic mass is 10.2. The van der Waals surface area contributed by atoms with Crippen LogP contribution in [0.1, 0.15) is 24.1 Å². The first kappa shape index (κ1) is 19.1. The van der Waals surface area contributed by atoms with Gasteiger partial charge in [-0.1, -0.05) is 18.2 Å². The van der Waals surface area contributed by atoms with Crippen LogP contribution in [0.25, 0.3) is 6.08 Å². The van der Waals surface area contributed by atoms with Gasteiger partial charge >= 0.3 is 0 Å². The molecule has 0 radical (unpaired) electrons. The molecule has 1 amide bonds. The summed E-state index contributed by atoms with van der Waals surface area (Å²) in [5, 5.41) is 0. The van der Waals surface area contributed by atoms with E-state index in [4.69, 9.17) is 4.74 Å². The number of aromatic nitrogens is 1. The summed E-state index contributed by atoms with van der Waals surface area (Å²) < 4.78 is 5.74. The predicted octanol–water partition coefficient (Wildman–Crippen LogP) is 3.23. The highest BCUT2D eigenvalue weighted by molar-refractivity contribution is 5.92. The number of hydrogen-bond donors (Lipinski definition) is 0. The minimum Gasteiger partial charge on any atom is -0.487 e. The lowest BCUT2D eigenvalue weighted by molar-refractivity contribution is -0.126. The first-order valence-electron chi connectivity index (χ1n) is 9.38. The van der Waals surface area contributed by atoms with Gasteiger partial charge in [0.05, 0.1) is 5.69 Å². The maximum absolute atomic E-state index is 12.5. The van der Waals surface area contributed by atoms with Crippen molar-refractivity contribution in [2.75, 3.05) is 27.2 Å². The molecule has 1 aliphatic rings. The van der Waals surface area contributed by atoms with Gasteiger partial charge < -0.3 is 14.5 Å². The quantitative estimate of drug-likeness (QED) is 0.640. The number of ether oxygens (including phenoxy) is 1. The highest BCUT2D eigenvalue weighted by Crippen LogP contribution is 2.27. The molecule has 1 saturated carbocycles. The van der Waals surface area contributed by atoms with Crippen molar-refractivity contribution >= 4 is 12.0 Å². The molecule has 142 valence electrons. The van der Waals surface area contributed by atoms with Crippen LogP contribution in [0.3, 0.4) is 0 Å². The molecule has 1 aromatic heterocycles.